The number of sulfonamides is 1. The van der Waals surface area contributed by atoms with Gasteiger partial charge in [-0.3, -0.25) is 9.10 Å². The van der Waals surface area contributed by atoms with Crippen LogP contribution < -0.4 is 19.2 Å². The van der Waals surface area contributed by atoms with Crippen molar-refractivity contribution in [2.24, 2.45) is 5.10 Å². The van der Waals surface area contributed by atoms with E-state index in [2.05, 4.69) is 10.5 Å². The van der Waals surface area contributed by atoms with Gasteiger partial charge in [-0.05, 0) is 43.3 Å². The number of hydrazone groups is 1. The molecule has 0 aliphatic heterocycles. The Morgan fingerprint density at radius 2 is 1.76 bits per heavy atom. The third-order valence-corrected chi connectivity index (χ3v) is 5.83. The van der Waals surface area contributed by atoms with Gasteiger partial charge < -0.3 is 9.47 Å². The first-order valence-corrected chi connectivity index (χ1v) is 11.4. The van der Waals surface area contributed by atoms with E-state index in [1.165, 1.54) is 14.2 Å². The summed E-state index contributed by atoms with van der Waals surface area (Å²) in [7, 11) is -1.24. The van der Waals surface area contributed by atoms with Gasteiger partial charge in [0.2, 0.25) is 10.0 Å². The number of alkyl halides is 3. The van der Waals surface area contributed by atoms with E-state index in [0.29, 0.717) is 39.2 Å². The van der Waals surface area contributed by atoms with Gasteiger partial charge in [-0.2, -0.15) is 18.3 Å². The number of anilines is 1. The number of carbonyl (C=O) groups is 1. The number of halogens is 4. The average molecular weight is 508 g/mol. The van der Waals surface area contributed by atoms with Crippen LogP contribution in [0.5, 0.6) is 11.5 Å². The Labute approximate surface area is 194 Å². The van der Waals surface area contributed by atoms with Crippen molar-refractivity contribution in [2.75, 3.05) is 31.3 Å². The molecule has 8 nitrogen and oxygen atoms in total. The topological polar surface area (TPSA) is 97.3 Å². The maximum atomic E-state index is 13.1. The van der Waals surface area contributed by atoms with Gasteiger partial charge in [-0.1, -0.05) is 11.6 Å². The van der Waals surface area contributed by atoms with Crippen molar-refractivity contribution in [1.29, 1.82) is 0 Å². The van der Waals surface area contributed by atoms with Crippen molar-refractivity contribution in [3.63, 3.8) is 0 Å². The molecule has 0 aromatic heterocycles. The summed E-state index contributed by atoms with van der Waals surface area (Å²) >= 11 is 5.94. The highest BCUT2D eigenvalue weighted by Crippen LogP contribution is 2.36. The summed E-state index contributed by atoms with van der Waals surface area (Å²) in [5.74, 6) is 0.0203. The summed E-state index contributed by atoms with van der Waals surface area (Å²) in [5, 5.41) is 3.65. The first-order valence-electron chi connectivity index (χ1n) is 9.18. The first kappa shape index (κ1) is 26.3. The molecule has 1 N–H and O–H groups in total. The van der Waals surface area contributed by atoms with Gasteiger partial charge in [0.15, 0.2) is 11.5 Å². The lowest BCUT2D eigenvalue weighted by molar-refractivity contribution is -0.137. The maximum absolute atomic E-state index is 13.1. The van der Waals surface area contributed by atoms with E-state index in [-0.39, 0.29) is 5.02 Å². The molecule has 2 aromatic carbocycles. The Hall–Kier alpha value is -2.99. The molecule has 0 fully saturated rings. The molecule has 0 atom stereocenters. The van der Waals surface area contributed by atoms with Crippen LogP contribution in [0.1, 0.15) is 18.1 Å². The van der Waals surface area contributed by atoms with Crippen LogP contribution in [-0.2, 0) is 21.0 Å². The molecular weight excluding hydrogens is 487 g/mol. The van der Waals surface area contributed by atoms with Gasteiger partial charge in [-0.25, -0.2) is 13.8 Å². The van der Waals surface area contributed by atoms with Gasteiger partial charge >= 0.3 is 6.18 Å². The van der Waals surface area contributed by atoms with Crippen molar-refractivity contribution in [3.8, 4) is 11.5 Å². The van der Waals surface area contributed by atoms with E-state index < -0.39 is 39.9 Å². The molecule has 0 spiro atoms. The number of hydrogen-bond acceptors (Lipinski definition) is 6. The van der Waals surface area contributed by atoms with Crippen molar-refractivity contribution >= 4 is 38.9 Å². The Balaban J connectivity index is 2.28. The molecule has 0 saturated heterocycles. The van der Waals surface area contributed by atoms with Crippen LogP contribution in [0.3, 0.4) is 0 Å². The van der Waals surface area contributed by atoms with Gasteiger partial charge in [0.05, 0.1) is 42.5 Å². The third kappa shape index (κ3) is 6.75. The molecular formula is C20H21ClF3N3O5S. The zero-order valence-corrected chi connectivity index (χ0v) is 19.6. The largest absolute Gasteiger partial charge is 0.493 e. The molecule has 13 heteroatoms. The predicted octanol–water partition coefficient (Wildman–Crippen LogP) is 3.68. The molecule has 2 rings (SSSR count). The Kier molecular flexibility index (Phi) is 8.20. The lowest BCUT2D eigenvalue weighted by Crippen LogP contribution is -2.39. The number of hydrogen-bond donors (Lipinski definition) is 1. The average Bonchev–Trinajstić information content (AvgIpc) is 2.74. The van der Waals surface area contributed by atoms with Crippen LogP contribution in [0.25, 0.3) is 0 Å². The highest BCUT2D eigenvalue weighted by Gasteiger charge is 2.33. The monoisotopic (exact) mass is 507 g/mol. The number of ether oxygens (including phenoxy) is 2. The highest BCUT2D eigenvalue weighted by atomic mass is 35.5. The van der Waals surface area contributed by atoms with Gasteiger partial charge in [-0.15, -0.1) is 0 Å². The number of carbonyl (C=O) groups excluding carboxylic acids is 1. The van der Waals surface area contributed by atoms with Gasteiger partial charge in [0.1, 0.15) is 6.54 Å². The number of benzene rings is 2. The van der Waals surface area contributed by atoms with Crippen molar-refractivity contribution in [3.05, 3.63) is 52.5 Å². The molecule has 2 aromatic rings. The number of rotatable bonds is 8. The lowest BCUT2D eigenvalue weighted by atomic mass is 10.1. The molecule has 1 amide bonds. The minimum Gasteiger partial charge on any atom is -0.493 e. The smallest absolute Gasteiger partial charge is 0.416 e. The standard InChI is InChI=1S/C20H21ClF3N3O5S/c1-12(13-5-8-17(31-2)18(9-13)32-3)25-26-19(28)11-27(33(4,29)30)16-10-14(20(22,23)24)6-7-15(16)21/h5-10H,11H2,1-4H3,(H,26,28)/b25-12-. The summed E-state index contributed by atoms with van der Waals surface area (Å²) < 4.78 is 74.5. The van der Waals surface area contributed by atoms with E-state index >= 15 is 0 Å². The molecule has 0 aliphatic carbocycles. The molecule has 0 saturated carbocycles. The van der Waals surface area contributed by atoms with Crippen LogP contribution in [-0.4, -0.2) is 47.1 Å². The predicted molar refractivity (Wildman–Crippen MR) is 119 cm³/mol. The summed E-state index contributed by atoms with van der Waals surface area (Å²) in [4.78, 5) is 12.4. The van der Waals surface area contributed by atoms with E-state index in [4.69, 9.17) is 21.1 Å². The second-order valence-corrected chi connectivity index (χ2v) is 9.05. The maximum Gasteiger partial charge on any atom is 0.416 e. The van der Waals surface area contributed by atoms with Gasteiger partial charge in [0, 0.05) is 5.56 Å². The fourth-order valence-corrected chi connectivity index (χ4v) is 3.83. The number of amides is 1. The van der Waals surface area contributed by atoms with E-state index in [0.717, 1.165) is 12.3 Å². The Morgan fingerprint density at radius 3 is 2.30 bits per heavy atom. The summed E-state index contributed by atoms with van der Waals surface area (Å²) in [6.45, 7) is 0.738. The van der Waals surface area contributed by atoms with Gasteiger partial charge in [0.25, 0.3) is 5.91 Å². The molecule has 0 bridgehead atoms. The lowest BCUT2D eigenvalue weighted by Gasteiger charge is -2.23. The zero-order valence-electron chi connectivity index (χ0n) is 18.0. The van der Waals surface area contributed by atoms with E-state index in [1.54, 1.807) is 25.1 Å². The molecule has 0 radical (unpaired) electrons. The van der Waals surface area contributed by atoms with Crippen LogP contribution >= 0.6 is 11.6 Å². The first-order chi connectivity index (χ1) is 15.3. The van der Waals surface area contributed by atoms with Crippen LogP contribution in [0.4, 0.5) is 18.9 Å². The highest BCUT2D eigenvalue weighted by molar-refractivity contribution is 7.92. The minimum atomic E-state index is -4.73. The number of methoxy groups -OCH3 is 2. The zero-order chi connectivity index (χ0) is 25.0. The van der Waals surface area contributed by atoms with Crippen LogP contribution in [0.2, 0.25) is 5.02 Å². The molecule has 180 valence electrons. The summed E-state index contributed by atoms with van der Waals surface area (Å²) in [6, 6.07) is 7.11. The van der Waals surface area contributed by atoms with Crippen LogP contribution in [0.15, 0.2) is 41.5 Å². The van der Waals surface area contributed by atoms with Crippen molar-refractivity contribution < 1.29 is 35.9 Å². The van der Waals surface area contributed by atoms with Crippen molar-refractivity contribution in [2.45, 2.75) is 13.1 Å². The minimum absolute atomic E-state index is 0.272. The number of nitrogens with zero attached hydrogens (tertiary/aromatic N) is 2. The SMILES string of the molecule is COc1ccc(/C(C)=N\NC(=O)CN(c2cc(C(F)(F)F)ccc2Cl)S(C)(=O)=O)cc1OC. The second-order valence-electron chi connectivity index (χ2n) is 6.74. The van der Waals surface area contributed by atoms with Crippen molar-refractivity contribution in [1.82, 2.24) is 5.43 Å². The van der Waals surface area contributed by atoms with Crippen LogP contribution in [0, 0.1) is 0 Å². The molecule has 0 aliphatic rings. The fraction of sp³-hybridized carbons (Fsp3) is 0.300. The normalized spacial score (nSPS) is 12.3. The molecule has 33 heavy (non-hydrogen) atoms. The van der Waals surface area contributed by atoms with E-state index in [9.17, 15) is 26.4 Å². The third-order valence-electron chi connectivity index (χ3n) is 4.38. The Morgan fingerprint density at radius 1 is 1.12 bits per heavy atom. The van der Waals surface area contributed by atoms with E-state index in [1.807, 2.05) is 0 Å². The fourth-order valence-electron chi connectivity index (χ4n) is 2.70. The quantitative estimate of drug-likeness (QED) is 0.434. The second kappa shape index (κ2) is 10.3. The summed E-state index contributed by atoms with van der Waals surface area (Å²) in [5.41, 5.74) is 1.53. The Bertz CT molecular complexity index is 1170. The summed E-state index contributed by atoms with van der Waals surface area (Å²) in [6.07, 6.45) is -3.99. The molecule has 0 unspecified atom stereocenters. The number of nitrogens with one attached hydrogen (secondary N) is 1. The molecule has 0 heterocycles.